The van der Waals surface area contributed by atoms with E-state index >= 15 is 0 Å². The normalized spacial score (nSPS) is 10.4. The molecule has 2 aromatic rings. The molecule has 3 N–H and O–H groups in total. The molecule has 0 aliphatic rings. The van der Waals surface area contributed by atoms with Crippen molar-refractivity contribution in [2.24, 2.45) is 5.73 Å². The van der Waals surface area contributed by atoms with Gasteiger partial charge in [0.1, 0.15) is 23.3 Å². The molecule has 0 unspecified atom stereocenters. The highest BCUT2D eigenvalue weighted by molar-refractivity contribution is 5.34. The highest BCUT2D eigenvalue weighted by Gasteiger charge is 2.04. The van der Waals surface area contributed by atoms with Crippen molar-refractivity contribution in [3.05, 3.63) is 53.5 Å². The third-order valence-electron chi connectivity index (χ3n) is 2.36. The molecule has 0 saturated heterocycles. The Morgan fingerprint density at radius 2 is 2.06 bits per heavy atom. The molecule has 6 heteroatoms. The molecular weight excluding hydrogens is 238 g/mol. The zero-order valence-electron chi connectivity index (χ0n) is 9.53. The summed E-state index contributed by atoms with van der Waals surface area (Å²) in [6.45, 7) is 0.370. The van der Waals surface area contributed by atoms with Crippen LogP contribution < -0.4 is 11.1 Å². The van der Waals surface area contributed by atoms with Gasteiger partial charge in [-0.25, -0.2) is 18.7 Å². The van der Waals surface area contributed by atoms with Crippen molar-refractivity contribution in [2.75, 3.05) is 5.32 Å². The van der Waals surface area contributed by atoms with E-state index in [1.54, 1.807) is 12.3 Å². The van der Waals surface area contributed by atoms with Crippen LogP contribution in [0.1, 0.15) is 11.4 Å². The molecule has 0 amide bonds. The van der Waals surface area contributed by atoms with Gasteiger partial charge in [-0.05, 0) is 24.3 Å². The van der Waals surface area contributed by atoms with Crippen LogP contribution in [0.4, 0.5) is 14.6 Å². The van der Waals surface area contributed by atoms with Gasteiger partial charge in [-0.3, -0.25) is 0 Å². The van der Waals surface area contributed by atoms with Crippen molar-refractivity contribution in [1.82, 2.24) is 9.97 Å². The third kappa shape index (κ3) is 2.98. The lowest BCUT2D eigenvalue weighted by Gasteiger charge is -2.07. The van der Waals surface area contributed by atoms with Crippen molar-refractivity contribution in [2.45, 2.75) is 13.1 Å². The maximum Gasteiger partial charge on any atom is 0.144 e. The average Bonchev–Trinajstić information content (AvgIpc) is 2.40. The Hall–Kier alpha value is -2.08. The Morgan fingerprint density at radius 1 is 1.22 bits per heavy atom. The van der Waals surface area contributed by atoms with Crippen LogP contribution in [0.5, 0.6) is 0 Å². The lowest BCUT2D eigenvalue weighted by Crippen LogP contribution is -2.08. The van der Waals surface area contributed by atoms with Gasteiger partial charge in [-0.1, -0.05) is 0 Å². The summed E-state index contributed by atoms with van der Waals surface area (Å²) in [4.78, 5) is 8.03. The minimum absolute atomic E-state index is 0.143. The second kappa shape index (κ2) is 5.50. The fourth-order valence-corrected chi connectivity index (χ4v) is 1.46. The summed E-state index contributed by atoms with van der Waals surface area (Å²) in [7, 11) is 0. The quantitative estimate of drug-likeness (QED) is 0.868. The number of rotatable bonds is 4. The van der Waals surface area contributed by atoms with Gasteiger partial charge in [0.15, 0.2) is 0 Å². The number of nitrogens with zero attached hydrogens (tertiary/aromatic N) is 2. The van der Waals surface area contributed by atoms with Gasteiger partial charge in [-0.15, -0.1) is 0 Å². The molecule has 18 heavy (non-hydrogen) atoms. The smallest absolute Gasteiger partial charge is 0.144 e. The van der Waals surface area contributed by atoms with Gasteiger partial charge in [0.25, 0.3) is 0 Å². The Bertz CT molecular complexity index is 545. The molecule has 4 nitrogen and oxygen atoms in total. The first kappa shape index (κ1) is 12.4. The van der Waals surface area contributed by atoms with Gasteiger partial charge in [0.2, 0.25) is 0 Å². The van der Waals surface area contributed by atoms with Crippen molar-refractivity contribution in [1.29, 1.82) is 0 Å². The highest BCUT2D eigenvalue weighted by atomic mass is 19.1. The number of benzene rings is 1. The van der Waals surface area contributed by atoms with Gasteiger partial charge in [0, 0.05) is 18.3 Å². The molecule has 0 aliphatic heterocycles. The summed E-state index contributed by atoms with van der Waals surface area (Å²) in [5.41, 5.74) is 5.65. The topological polar surface area (TPSA) is 63.8 Å². The molecule has 0 atom stereocenters. The fourth-order valence-electron chi connectivity index (χ4n) is 1.46. The molecule has 1 aromatic carbocycles. The van der Waals surface area contributed by atoms with E-state index in [1.807, 2.05) is 0 Å². The average molecular weight is 250 g/mol. The van der Waals surface area contributed by atoms with Crippen LogP contribution in [-0.4, -0.2) is 9.97 Å². The molecule has 2 rings (SSSR count). The zero-order valence-corrected chi connectivity index (χ0v) is 9.53. The predicted octanol–water partition coefficient (Wildman–Crippen LogP) is 1.83. The second-order valence-electron chi connectivity index (χ2n) is 3.65. The van der Waals surface area contributed by atoms with Crippen molar-refractivity contribution >= 4 is 5.82 Å². The van der Waals surface area contributed by atoms with E-state index in [9.17, 15) is 8.78 Å². The summed E-state index contributed by atoms with van der Waals surface area (Å²) in [5, 5.41) is 2.89. The lowest BCUT2D eigenvalue weighted by molar-refractivity contribution is 0.587. The molecule has 1 aromatic heterocycles. The minimum atomic E-state index is -0.474. The van der Waals surface area contributed by atoms with E-state index in [0.717, 1.165) is 18.2 Å². The molecule has 1 heterocycles. The number of halogens is 2. The first-order chi connectivity index (χ1) is 8.69. The van der Waals surface area contributed by atoms with Gasteiger partial charge in [-0.2, -0.15) is 0 Å². The monoisotopic (exact) mass is 250 g/mol. The number of hydrogen-bond acceptors (Lipinski definition) is 4. The zero-order chi connectivity index (χ0) is 13.0. The van der Waals surface area contributed by atoms with Crippen molar-refractivity contribution in [3.63, 3.8) is 0 Å². The molecule has 0 spiro atoms. The van der Waals surface area contributed by atoms with Gasteiger partial charge >= 0.3 is 0 Å². The predicted molar refractivity (Wildman–Crippen MR) is 63.6 cm³/mol. The van der Waals surface area contributed by atoms with Crippen LogP contribution in [-0.2, 0) is 13.1 Å². The highest BCUT2D eigenvalue weighted by Crippen LogP contribution is 2.11. The SMILES string of the molecule is NCc1nccc(NCc2cc(F)ccc2F)n1. The van der Waals surface area contributed by atoms with Crippen LogP contribution in [0.2, 0.25) is 0 Å². The second-order valence-corrected chi connectivity index (χ2v) is 3.65. The minimum Gasteiger partial charge on any atom is -0.366 e. The van der Waals surface area contributed by atoms with Crippen LogP contribution in [0.15, 0.2) is 30.5 Å². The molecule has 0 aliphatic carbocycles. The number of nitrogens with one attached hydrogen (secondary N) is 1. The molecule has 0 radical (unpaired) electrons. The van der Waals surface area contributed by atoms with Crippen LogP contribution in [0, 0.1) is 11.6 Å². The third-order valence-corrected chi connectivity index (χ3v) is 2.36. The Labute approximate surface area is 103 Å². The van der Waals surface area contributed by atoms with Gasteiger partial charge in [0.05, 0.1) is 6.54 Å². The number of aromatic nitrogens is 2. The van der Waals surface area contributed by atoms with E-state index in [2.05, 4.69) is 15.3 Å². The Morgan fingerprint density at radius 3 is 2.83 bits per heavy atom. The van der Waals surface area contributed by atoms with Crippen LogP contribution >= 0.6 is 0 Å². The maximum atomic E-state index is 13.4. The summed E-state index contributed by atoms with van der Waals surface area (Å²) >= 11 is 0. The lowest BCUT2D eigenvalue weighted by atomic mass is 10.2. The molecule has 0 fully saturated rings. The first-order valence-electron chi connectivity index (χ1n) is 5.39. The Balaban J connectivity index is 2.08. The van der Waals surface area contributed by atoms with Crippen LogP contribution in [0.25, 0.3) is 0 Å². The fraction of sp³-hybridized carbons (Fsp3) is 0.167. The molecule has 0 bridgehead atoms. The summed E-state index contributed by atoms with van der Waals surface area (Å²) < 4.78 is 26.3. The largest absolute Gasteiger partial charge is 0.366 e. The Kier molecular flexibility index (Phi) is 3.78. The number of anilines is 1. The maximum absolute atomic E-state index is 13.4. The number of hydrogen-bond donors (Lipinski definition) is 2. The van der Waals surface area contributed by atoms with Gasteiger partial charge < -0.3 is 11.1 Å². The van der Waals surface area contributed by atoms with E-state index < -0.39 is 11.6 Å². The standard InChI is InChI=1S/C12H12F2N4/c13-9-1-2-10(14)8(5-9)7-17-11-3-4-16-12(6-15)18-11/h1-5H,6-7,15H2,(H,16,17,18). The van der Waals surface area contributed by atoms with Crippen molar-refractivity contribution in [3.8, 4) is 0 Å². The summed E-state index contributed by atoms with van der Waals surface area (Å²) in [6, 6.07) is 4.96. The van der Waals surface area contributed by atoms with Crippen molar-refractivity contribution < 1.29 is 8.78 Å². The first-order valence-corrected chi connectivity index (χ1v) is 5.39. The summed E-state index contributed by atoms with van der Waals surface area (Å²) in [5.74, 6) is 0.0735. The summed E-state index contributed by atoms with van der Waals surface area (Å²) in [6.07, 6.45) is 1.56. The van der Waals surface area contributed by atoms with E-state index in [1.165, 1.54) is 0 Å². The number of nitrogens with two attached hydrogens (primary N) is 1. The van der Waals surface area contributed by atoms with Crippen LogP contribution in [0.3, 0.4) is 0 Å². The molecular formula is C12H12F2N4. The molecule has 0 saturated carbocycles. The van der Waals surface area contributed by atoms with E-state index in [0.29, 0.717) is 11.6 Å². The van der Waals surface area contributed by atoms with E-state index in [4.69, 9.17) is 5.73 Å². The van der Waals surface area contributed by atoms with E-state index in [-0.39, 0.29) is 18.7 Å². The molecule has 94 valence electrons.